The number of nitrogens with zero attached hydrogens (tertiary/aromatic N) is 4. The Kier molecular flexibility index (Phi) is 4.97. The highest BCUT2D eigenvalue weighted by atomic mass is 15.3. The van der Waals surface area contributed by atoms with Gasteiger partial charge in [-0.25, -0.2) is 0 Å². The minimum atomic E-state index is 0.753. The topological polar surface area (TPSA) is 33.5 Å². The summed E-state index contributed by atoms with van der Waals surface area (Å²) in [6.07, 6.45) is 2.71. The number of para-hydroxylation sites is 1. The van der Waals surface area contributed by atoms with E-state index in [-0.39, 0.29) is 0 Å². The second-order valence-electron chi connectivity index (χ2n) is 6.34. The van der Waals surface area contributed by atoms with Crippen molar-refractivity contribution in [3.8, 4) is 6.07 Å². The number of benzene rings is 1. The molecule has 3 rings (SSSR count). The van der Waals surface area contributed by atoms with Gasteiger partial charge >= 0.3 is 0 Å². The number of likely N-dealkylation sites (tertiary alicyclic amines) is 1. The summed E-state index contributed by atoms with van der Waals surface area (Å²) in [5.41, 5.74) is 1.89. The van der Waals surface area contributed by atoms with Crippen molar-refractivity contribution in [1.82, 2.24) is 9.80 Å². The van der Waals surface area contributed by atoms with Crippen molar-refractivity contribution in [3.63, 3.8) is 0 Å². The third-order valence-electron chi connectivity index (χ3n) is 5.11. The van der Waals surface area contributed by atoms with E-state index < -0.39 is 0 Å². The van der Waals surface area contributed by atoms with Crippen molar-refractivity contribution in [2.24, 2.45) is 0 Å². The summed E-state index contributed by atoms with van der Waals surface area (Å²) in [6.45, 7) is 10.2. The van der Waals surface area contributed by atoms with Crippen molar-refractivity contribution in [2.45, 2.75) is 25.8 Å². The lowest BCUT2D eigenvalue weighted by molar-refractivity contribution is 0.170. The molecule has 0 bridgehead atoms. The molecule has 0 aromatic heterocycles. The first kappa shape index (κ1) is 15.3. The van der Waals surface area contributed by atoms with E-state index in [1.165, 1.54) is 32.5 Å². The first-order valence-electron chi connectivity index (χ1n) is 8.52. The lowest BCUT2D eigenvalue weighted by atomic mass is 10.1. The van der Waals surface area contributed by atoms with Gasteiger partial charge < -0.3 is 4.90 Å². The van der Waals surface area contributed by atoms with Crippen LogP contribution in [0.25, 0.3) is 0 Å². The van der Waals surface area contributed by atoms with Gasteiger partial charge in [0.1, 0.15) is 6.07 Å². The fourth-order valence-electron chi connectivity index (χ4n) is 3.83. The van der Waals surface area contributed by atoms with Crippen LogP contribution >= 0.6 is 0 Å². The third kappa shape index (κ3) is 3.26. The molecule has 0 amide bonds. The third-order valence-corrected chi connectivity index (χ3v) is 5.11. The van der Waals surface area contributed by atoms with E-state index in [9.17, 15) is 5.26 Å². The highest BCUT2D eigenvalue weighted by Gasteiger charge is 2.27. The molecule has 0 unspecified atom stereocenters. The van der Waals surface area contributed by atoms with E-state index in [1.54, 1.807) is 0 Å². The Hall–Kier alpha value is -1.57. The Morgan fingerprint density at radius 1 is 1.14 bits per heavy atom. The maximum atomic E-state index is 9.25. The lowest BCUT2D eigenvalue weighted by Crippen LogP contribution is -2.50. The molecule has 2 heterocycles. The van der Waals surface area contributed by atoms with Crippen LogP contribution in [0.4, 0.5) is 5.69 Å². The molecular formula is C18H26N4. The van der Waals surface area contributed by atoms with E-state index in [0.717, 1.165) is 43.5 Å². The number of anilines is 1. The zero-order valence-corrected chi connectivity index (χ0v) is 13.5. The summed E-state index contributed by atoms with van der Waals surface area (Å²) in [7, 11) is 0. The molecule has 0 aliphatic carbocycles. The predicted octanol–water partition coefficient (Wildman–Crippen LogP) is 2.16. The Labute approximate surface area is 133 Å². The van der Waals surface area contributed by atoms with Crippen LogP contribution in [0, 0.1) is 11.3 Å². The average molecular weight is 298 g/mol. The predicted molar refractivity (Wildman–Crippen MR) is 90.1 cm³/mol. The summed E-state index contributed by atoms with van der Waals surface area (Å²) in [5, 5.41) is 9.25. The molecule has 1 aromatic carbocycles. The molecule has 0 N–H and O–H groups in total. The molecule has 22 heavy (non-hydrogen) atoms. The van der Waals surface area contributed by atoms with Gasteiger partial charge in [0.25, 0.3) is 0 Å². The first-order valence-corrected chi connectivity index (χ1v) is 8.52. The van der Waals surface area contributed by atoms with Gasteiger partial charge in [-0.2, -0.15) is 5.26 Å². The Balaban J connectivity index is 1.55. The van der Waals surface area contributed by atoms with E-state index in [0.29, 0.717) is 0 Å². The summed E-state index contributed by atoms with van der Waals surface area (Å²) in [6, 6.07) is 11.0. The van der Waals surface area contributed by atoms with Crippen molar-refractivity contribution in [3.05, 3.63) is 29.8 Å². The van der Waals surface area contributed by atoms with Crippen LogP contribution in [0.15, 0.2) is 24.3 Å². The molecule has 4 nitrogen and oxygen atoms in total. The van der Waals surface area contributed by atoms with Gasteiger partial charge in [-0.15, -0.1) is 0 Å². The Bertz CT molecular complexity index is 528. The molecule has 0 radical (unpaired) electrons. The summed E-state index contributed by atoms with van der Waals surface area (Å²) >= 11 is 0. The SMILES string of the molecule is CCN1CCC[C@@H]1CN1CCN(c2ccccc2C#N)CC1. The maximum Gasteiger partial charge on any atom is 0.101 e. The number of hydrogen-bond donors (Lipinski definition) is 0. The lowest BCUT2D eigenvalue weighted by Gasteiger charge is -2.38. The Morgan fingerprint density at radius 3 is 2.64 bits per heavy atom. The highest BCUT2D eigenvalue weighted by Crippen LogP contribution is 2.22. The van der Waals surface area contributed by atoms with Crippen LogP contribution < -0.4 is 4.90 Å². The van der Waals surface area contributed by atoms with Crippen LogP contribution in [0.1, 0.15) is 25.3 Å². The number of likely N-dealkylation sites (N-methyl/N-ethyl adjacent to an activating group) is 1. The van der Waals surface area contributed by atoms with Gasteiger partial charge in [0.15, 0.2) is 0 Å². The fraction of sp³-hybridized carbons (Fsp3) is 0.611. The number of hydrogen-bond acceptors (Lipinski definition) is 4. The molecule has 118 valence electrons. The molecule has 2 aliphatic heterocycles. The molecule has 2 fully saturated rings. The summed E-state index contributed by atoms with van der Waals surface area (Å²) < 4.78 is 0. The van der Waals surface area contributed by atoms with Gasteiger partial charge in [0.05, 0.1) is 11.3 Å². The zero-order valence-electron chi connectivity index (χ0n) is 13.5. The fourth-order valence-corrected chi connectivity index (χ4v) is 3.83. The van der Waals surface area contributed by atoms with Gasteiger partial charge in [-0.3, -0.25) is 9.80 Å². The van der Waals surface area contributed by atoms with E-state index in [1.807, 2.05) is 18.2 Å². The van der Waals surface area contributed by atoms with Gasteiger partial charge in [-0.05, 0) is 38.1 Å². The molecule has 1 aromatic rings. The van der Waals surface area contributed by atoms with Gasteiger partial charge in [0.2, 0.25) is 0 Å². The van der Waals surface area contributed by atoms with E-state index in [4.69, 9.17) is 0 Å². The molecule has 4 heteroatoms. The minimum Gasteiger partial charge on any atom is -0.368 e. The average Bonchev–Trinajstić information content (AvgIpc) is 3.02. The van der Waals surface area contributed by atoms with Crippen LogP contribution in [-0.4, -0.2) is 61.7 Å². The van der Waals surface area contributed by atoms with Crippen molar-refractivity contribution in [2.75, 3.05) is 50.7 Å². The first-order chi connectivity index (χ1) is 10.8. The van der Waals surface area contributed by atoms with Crippen molar-refractivity contribution < 1.29 is 0 Å². The van der Waals surface area contributed by atoms with Crippen molar-refractivity contribution in [1.29, 1.82) is 5.26 Å². The van der Waals surface area contributed by atoms with Crippen LogP contribution in [0.3, 0.4) is 0 Å². The largest absolute Gasteiger partial charge is 0.368 e. The molecule has 1 atom stereocenters. The quantitative estimate of drug-likeness (QED) is 0.853. The van der Waals surface area contributed by atoms with Crippen LogP contribution in [-0.2, 0) is 0 Å². The van der Waals surface area contributed by atoms with Gasteiger partial charge in [0, 0.05) is 38.8 Å². The molecular weight excluding hydrogens is 272 g/mol. The second-order valence-corrected chi connectivity index (χ2v) is 6.34. The zero-order chi connectivity index (χ0) is 15.4. The van der Waals surface area contributed by atoms with E-state index in [2.05, 4.69) is 33.8 Å². The monoisotopic (exact) mass is 298 g/mol. The minimum absolute atomic E-state index is 0.753. The second kappa shape index (κ2) is 7.13. The van der Waals surface area contributed by atoms with E-state index >= 15 is 0 Å². The van der Waals surface area contributed by atoms with Crippen LogP contribution in [0.5, 0.6) is 0 Å². The molecule has 0 saturated carbocycles. The Morgan fingerprint density at radius 2 is 1.91 bits per heavy atom. The van der Waals surface area contributed by atoms with Crippen LogP contribution in [0.2, 0.25) is 0 Å². The van der Waals surface area contributed by atoms with Gasteiger partial charge in [-0.1, -0.05) is 19.1 Å². The standard InChI is InChI=1S/C18H26N4/c1-2-21-9-5-7-17(21)15-20-10-12-22(13-11-20)18-8-4-3-6-16(18)14-19/h3-4,6,8,17H,2,5,7,9-13,15H2,1H3/t17-/m1/s1. The maximum absolute atomic E-state index is 9.25. The van der Waals surface area contributed by atoms with Crippen molar-refractivity contribution >= 4 is 5.69 Å². The smallest absolute Gasteiger partial charge is 0.101 e. The molecule has 2 saturated heterocycles. The molecule has 0 spiro atoms. The number of piperazine rings is 1. The summed E-state index contributed by atoms with van der Waals surface area (Å²) in [4.78, 5) is 7.59. The normalized spacial score (nSPS) is 23.6. The number of rotatable bonds is 4. The highest BCUT2D eigenvalue weighted by molar-refractivity contribution is 5.59. The summed E-state index contributed by atoms with van der Waals surface area (Å²) in [5.74, 6) is 0. The molecule has 2 aliphatic rings. The number of nitriles is 1.